The summed E-state index contributed by atoms with van der Waals surface area (Å²) < 4.78 is 0.898. The summed E-state index contributed by atoms with van der Waals surface area (Å²) in [7, 11) is 0. The topological polar surface area (TPSA) is 23.8 Å². The lowest BCUT2D eigenvalue weighted by molar-refractivity contribution is 1.36. The van der Waals surface area contributed by atoms with Crippen LogP contribution in [0.15, 0.2) is 27.6 Å². The summed E-state index contributed by atoms with van der Waals surface area (Å²) >= 11 is 4.99. The molecule has 0 bridgehead atoms. The molecule has 1 aromatic carbocycles. The molecule has 11 heavy (non-hydrogen) atoms. The maximum absolute atomic E-state index is 8.65. The highest BCUT2D eigenvalue weighted by molar-refractivity contribution is 9.10. The molecule has 0 N–H and O–H groups in total. The maximum atomic E-state index is 8.65. The number of benzene rings is 1. The van der Waals surface area contributed by atoms with E-state index < -0.39 is 0 Å². The number of hydrogen-bond donors (Lipinski definition) is 0. The van der Waals surface area contributed by atoms with Gasteiger partial charge in [-0.3, -0.25) is 0 Å². The zero-order valence-electron chi connectivity index (χ0n) is 5.97. The fourth-order valence-corrected chi connectivity index (χ4v) is 2.10. The van der Waals surface area contributed by atoms with Crippen molar-refractivity contribution in [1.29, 1.82) is 5.26 Å². The minimum atomic E-state index is 0.692. The summed E-state index contributed by atoms with van der Waals surface area (Å²) in [5.41, 5.74) is 0.692. The third-order valence-electron chi connectivity index (χ3n) is 1.30. The van der Waals surface area contributed by atoms with Crippen LogP contribution in [-0.4, -0.2) is 6.26 Å². The molecule has 1 aromatic rings. The number of rotatable bonds is 1. The van der Waals surface area contributed by atoms with E-state index in [1.807, 2.05) is 18.4 Å². The molecule has 0 fully saturated rings. The fourth-order valence-electron chi connectivity index (χ4n) is 0.755. The van der Waals surface area contributed by atoms with Gasteiger partial charge in [-0.2, -0.15) is 5.26 Å². The summed E-state index contributed by atoms with van der Waals surface area (Å²) in [5.74, 6) is 0. The van der Waals surface area contributed by atoms with E-state index in [0.717, 1.165) is 9.37 Å². The smallest absolute Gasteiger partial charge is 0.100 e. The first-order valence-electron chi connectivity index (χ1n) is 3.02. The highest BCUT2D eigenvalue weighted by Crippen LogP contribution is 2.28. The normalized spacial score (nSPS) is 9.18. The van der Waals surface area contributed by atoms with E-state index in [1.165, 1.54) is 0 Å². The van der Waals surface area contributed by atoms with Crippen LogP contribution in [0.25, 0.3) is 0 Å². The number of halogens is 1. The first kappa shape index (κ1) is 8.63. The van der Waals surface area contributed by atoms with Crippen LogP contribution in [0.2, 0.25) is 0 Å². The van der Waals surface area contributed by atoms with Crippen molar-refractivity contribution in [2.75, 3.05) is 6.26 Å². The first-order chi connectivity index (χ1) is 5.29. The summed E-state index contributed by atoms with van der Waals surface area (Å²) in [5, 5.41) is 8.65. The van der Waals surface area contributed by atoms with E-state index in [4.69, 9.17) is 5.26 Å². The zero-order valence-corrected chi connectivity index (χ0v) is 8.37. The Balaban J connectivity index is 3.23. The molecular weight excluding hydrogens is 222 g/mol. The largest absolute Gasteiger partial charge is 0.192 e. The van der Waals surface area contributed by atoms with E-state index in [1.54, 1.807) is 17.8 Å². The van der Waals surface area contributed by atoms with Crippen LogP contribution in [0.5, 0.6) is 0 Å². The highest BCUT2D eigenvalue weighted by atomic mass is 79.9. The predicted molar refractivity (Wildman–Crippen MR) is 50.6 cm³/mol. The lowest BCUT2D eigenvalue weighted by Crippen LogP contribution is -1.79. The number of nitriles is 1. The quantitative estimate of drug-likeness (QED) is 0.689. The summed E-state index contributed by atoms with van der Waals surface area (Å²) in [6.07, 6.45) is 1.99. The number of nitrogens with zero attached hydrogens (tertiary/aromatic N) is 1. The van der Waals surface area contributed by atoms with E-state index in [-0.39, 0.29) is 0 Å². The van der Waals surface area contributed by atoms with Crippen molar-refractivity contribution in [1.82, 2.24) is 0 Å². The van der Waals surface area contributed by atoms with Gasteiger partial charge in [0, 0.05) is 9.37 Å². The second-order valence-electron chi connectivity index (χ2n) is 1.93. The number of thioether (sulfide) groups is 1. The average Bonchev–Trinajstić information content (AvgIpc) is 2.05. The molecule has 0 saturated heterocycles. The van der Waals surface area contributed by atoms with Crippen LogP contribution in [0.4, 0.5) is 0 Å². The molecular formula is C8H6BrNS. The van der Waals surface area contributed by atoms with Gasteiger partial charge in [-0.15, -0.1) is 11.8 Å². The van der Waals surface area contributed by atoms with E-state index in [2.05, 4.69) is 22.0 Å². The van der Waals surface area contributed by atoms with Crippen LogP contribution < -0.4 is 0 Å². The molecule has 0 heterocycles. The molecule has 56 valence electrons. The minimum Gasteiger partial charge on any atom is -0.192 e. The molecule has 0 amide bonds. The Kier molecular flexibility index (Phi) is 2.98. The van der Waals surface area contributed by atoms with Gasteiger partial charge in [-0.05, 0) is 34.3 Å². The standard InChI is InChI=1S/C8H6BrNS/c1-11-7-4-2-3-6(5-10)8(7)9/h2-4H,1H3. The van der Waals surface area contributed by atoms with E-state index in [9.17, 15) is 0 Å². The lowest BCUT2D eigenvalue weighted by atomic mass is 10.2. The molecule has 3 heteroatoms. The van der Waals surface area contributed by atoms with Gasteiger partial charge < -0.3 is 0 Å². The van der Waals surface area contributed by atoms with Gasteiger partial charge in [0.05, 0.1) is 5.56 Å². The van der Waals surface area contributed by atoms with Crippen LogP contribution in [0.3, 0.4) is 0 Å². The molecule has 0 saturated carbocycles. The van der Waals surface area contributed by atoms with Crippen molar-refractivity contribution in [2.45, 2.75) is 4.90 Å². The van der Waals surface area contributed by atoms with Gasteiger partial charge in [0.2, 0.25) is 0 Å². The average molecular weight is 228 g/mol. The molecule has 0 spiro atoms. The van der Waals surface area contributed by atoms with Gasteiger partial charge in [0.1, 0.15) is 6.07 Å². The minimum absolute atomic E-state index is 0.692. The monoisotopic (exact) mass is 227 g/mol. The van der Waals surface area contributed by atoms with E-state index in [0.29, 0.717) is 5.56 Å². The van der Waals surface area contributed by atoms with Crippen molar-refractivity contribution in [2.24, 2.45) is 0 Å². The third kappa shape index (κ3) is 1.76. The second-order valence-corrected chi connectivity index (χ2v) is 3.57. The fraction of sp³-hybridized carbons (Fsp3) is 0.125. The predicted octanol–water partition coefficient (Wildman–Crippen LogP) is 3.04. The van der Waals surface area contributed by atoms with Gasteiger partial charge in [-0.1, -0.05) is 6.07 Å². The maximum Gasteiger partial charge on any atom is 0.100 e. The zero-order chi connectivity index (χ0) is 8.27. The van der Waals surface area contributed by atoms with Crippen LogP contribution >= 0.6 is 27.7 Å². The molecule has 0 aliphatic heterocycles. The molecule has 0 aromatic heterocycles. The third-order valence-corrected chi connectivity index (χ3v) is 3.20. The lowest BCUT2D eigenvalue weighted by Gasteiger charge is -2.00. The molecule has 1 rings (SSSR count). The molecule has 0 radical (unpaired) electrons. The summed E-state index contributed by atoms with van der Waals surface area (Å²) in [4.78, 5) is 1.10. The van der Waals surface area contributed by atoms with Crippen molar-refractivity contribution >= 4 is 27.7 Å². The first-order valence-corrected chi connectivity index (χ1v) is 5.04. The van der Waals surface area contributed by atoms with Crippen LogP contribution in [0.1, 0.15) is 5.56 Å². The Morgan fingerprint density at radius 1 is 1.55 bits per heavy atom. The van der Waals surface area contributed by atoms with E-state index >= 15 is 0 Å². The second kappa shape index (κ2) is 3.80. The molecule has 1 nitrogen and oxygen atoms in total. The summed E-state index contributed by atoms with van der Waals surface area (Å²) in [6, 6.07) is 7.77. The molecule has 0 atom stereocenters. The Morgan fingerprint density at radius 3 is 2.82 bits per heavy atom. The van der Waals surface area contributed by atoms with Gasteiger partial charge >= 0.3 is 0 Å². The SMILES string of the molecule is CSc1cccc(C#N)c1Br. The Bertz CT molecular complexity index is 303. The van der Waals surface area contributed by atoms with Crippen molar-refractivity contribution < 1.29 is 0 Å². The van der Waals surface area contributed by atoms with Crippen molar-refractivity contribution in [3.8, 4) is 6.07 Å². The Hall–Kier alpha value is -0.460. The Morgan fingerprint density at radius 2 is 2.27 bits per heavy atom. The highest BCUT2D eigenvalue weighted by Gasteiger charge is 2.02. The Labute approximate surface area is 78.5 Å². The van der Waals surface area contributed by atoms with Crippen molar-refractivity contribution in [3.05, 3.63) is 28.2 Å². The van der Waals surface area contributed by atoms with Gasteiger partial charge in [0.25, 0.3) is 0 Å². The molecule has 0 aliphatic carbocycles. The van der Waals surface area contributed by atoms with Crippen LogP contribution in [0, 0.1) is 11.3 Å². The van der Waals surface area contributed by atoms with Crippen LogP contribution in [-0.2, 0) is 0 Å². The van der Waals surface area contributed by atoms with Crippen molar-refractivity contribution in [3.63, 3.8) is 0 Å². The molecule has 0 aliphatic rings. The van der Waals surface area contributed by atoms with Gasteiger partial charge in [0.15, 0.2) is 0 Å². The summed E-state index contributed by atoms with van der Waals surface area (Å²) in [6.45, 7) is 0. The number of hydrogen-bond acceptors (Lipinski definition) is 2. The molecule has 0 unspecified atom stereocenters. The van der Waals surface area contributed by atoms with Gasteiger partial charge in [-0.25, -0.2) is 0 Å².